The largest absolute Gasteiger partial charge is 0.486 e. The lowest BCUT2D eigenvalue weighted by Gasteiger charge is -2.30. The molecule has 160 valence electrons. The molecule has 1 aromatic heterocycles. The Bertz CT molecular complexity index is 990. The molecule has 1 aliphatic heterocycles. The third kappa shape index (κ3) is 4.05. The Hall–Kier alpha value is -3.61. The second-order valence-electron chi connectivity index (χ2n) is 6.15. The van der Waals surface area contributed by atoms with Crippen LogP contribution in [0.25, 0.3) is 0 Å². The predicted molar refractivity (Wildman–Crippen MR) is 90.3 cm³/mol. The Morgan fingerprint density at radius 2 is 1.97 bits per heavy atom. The van der Waals surface area contributed by atoms with Crippen LogP contribution in [-0.2, 0) is 6.61 Å². The molecule has 0 radical (unpaired) electrons. The van der Waals surface area contributed by atoms with Crippen molar-refractivity contribution < 1.29 is 41.5 Å². The number of rotatable bonds is 6. The number of aliphatic hydroxyl groups is 1. The number of carbonyl (C=O) groups is 1. The van der Waals surface area contributed by atoms with Crippen LogP contribution in [0.5, 0.6) is 5.75 Å². The fraction of sp³-hybridized carbons (Fsp3) is 0.235. The standard InChI is InChI=1S/C17H13F4N3O6/c18-14(19)12-7-17(26,16(20)21)23(22-12)15(25)13-6-5-11(30-13)8-29-10-3-1-9(2-4-10)24(27)28/h1-6,16,22,26H,7-8H2. The number of nitrogens with zero attached hydrogens (tertiary/aromatic N) is 2. The molecule has 1 aromatic carbocycles. The van der Waals surface area contributed by atoms with Gasteiger partial charge in [-0.1, -0.05) is 0 Å². The van der Waals surface area contributed by atoms with Crippen molar-refractivity contribution in [2.75, 3.05) is 0 Å². The van der Waals surface area contributed by atoms with Gasteiger partial charge in [-0.25, -0.2) is 13.8 Å². The van der Waals surface area contributed by atoms with Gasteiger partial charge >= 0.3 is 5.91 Å². The van der Waals surface area contributed by atoms with Crippen LogP contribution < -0.4 is 10.2 Å². The van der Waals surface area contributed by atoms with Crippen molar-refractivity contribution in [3.8, 4) is 5.75 Å². The molecule has 2 heterocycles. The quantitative estimate of drug-likeness (QED) is 0.410. The van der Waals surface area contributed by atoms with Gasteiger partial charge in [0.25, 0.3) is 18.2 Å². The summed E-state index contributed by atoms with van der Waals surface area (Å²) < 4.78 is 62.5. The number of alkyl halides is 2. The number of furan rings is 1. The van der Waals surface area contributed by atoms with Crippen molar-refractivity contribution in [1.82, 2.24) is 10.4 Å². The van der Waals surface area contributed by atoms with Gasteiger partial charge in [0.2, 0.25) is 5.72 Å². The maximum atomic E-state index is 13.2. The number of nitrogens with one attached hydrogen (secondary N) is 1. The van der Waals surface area contributed by atoms with Gasteiger partial charge in [-0.3, -0.25) is 20.3 Å². The summed E-state index contributed by atoms with van der Waals surface area (Å²) in [5, 5.41) is 20.6. The first-order valence-electron chi connectivity index (χ1n) is 8.23. The Kier molecular flexibility index (Phi) is 5.64. The van der Waals surface area contributed by atoms with Crippen molar-refractivity contribution in [2.24, 2.45) is 0 Å². The third-order valence-corrected chi connectivity index (χ3v) is 4.15. The first-order chi connectivity index (χ1) is 14.1. The van der Waals surface area contributed by atoms with Crippen LogP contribution in [0.3, 0.4) is 0 Å². The molecule has 0 aliphatic carbocycles. The van der Waals surface area contributed by atoms with E-state index in [1.54, 1.807) is 5.43 Å². The van der Waals surface area contributed by atoms with Crippen molar-refractivity contribution in [3.63, 3.8) is 0 Å². The molecule has 1 saturated heterocycles. The summed E-state index contributed by atoms with van der Waals surface area (Å²) in [6.45, 7) is -0.220. The predicted octanol–water partition coefficient (Wildman–Crippen LogP) is 3.18. The number of hydrogen-bond donors (Lipinski definition) is 2. The average molecular weight is 431 g/mol. The van der Waals surface area contributed by atoms with E-state index in [1.807, 2.05) is 0 Å². The summed E-state index contributed by atoms with van der Waals surface area (Å²) >= 11 is 0. The van der Waals surface area contributed by atoms with Crippen LogP contribution >= 0.6 is 0 Å². The van der Waals surface area contributed by atoms with Crippen molar-refractivity contribution in [3.05, 3.63) is 69.8 Å². The van der Waals surface area contributed by atoms with E-state index in [9.17, 15) is 37.6 Å². The van der Waals surface area contributed by atoms with Crippen LogP contribution in [0, 0.1) is 10.1 Å². The van der Waals surface area contributed by atoms with E-state index < -0.39 is 46.9 Å². The number of amides is 1. The Labute approximate surface area is 165 Å². The van der Waals surface area contributed by atoms with E-state index in [-0.39, 0.29) is 28.8 Å². The number of carbonyl (C=O) groups excluding carboxylic acids is 1. The molecule has 2 N–H and O–H groups in total. The van der Waals surface area contributed by atoms with Crippen LogP contribution in [0.15, 0.2) is 52.6 Å². The highest BCUT2D eigenvalue weighted by Crippen LogP contribution is 2.35. The highest BCUT2D eigenvalue weighted by Gasteiger charge is 2.54. The molecule has 9 nitrogen and oxygen atoms in total. The zero-order valence-corrected chi connectivity index (χ0v) is 14.9. The molecule has 13 heteroatoms. The number of ether oxygens (including phenoxy) is 1. The molecule has 0 saturated carbocycles. The van der Waals surface area contributed by atoms with Gasteiger partial charge in [-0.2, -0.15) is 8.78 Å². The first kappa shape index (κ1) is 21.1. The number of hydrazine groups is 1. The van der Waals surface area contributed by atoms with Gasteiger partial charge < -0.3 is 14.3 Å². The fourth-order valence-corrected chi connectivity index (χ4v) is 2.62. The van der Waals surface area contributed by atoms with E-state index in [0.29, 0.717) is 0 Å². The Morgan fingerprint density at radius 1 is 1.30 bits per heavy atom. The highest BCUT2D eigenvalue weighted by atomic mass is 19.3. The minimum Gasteiger partial charge on any atom is -0.486 e. The van der Waals surface area contributed by atoms with E-state index in [1.165, 1.54) is 30.3 Å². The van der Waals surface area contributed by atoms with Crippen molar-refractivity contribution >= 4 is 11.6 Å². The number of nitro benzene ring substituents is 1. The molecular formula is C17H13F4N3O6. The van der Waals surface area contributed by atoms with Crippen molar-refractivity contribution in [2.45, 2.75) is 25.2 Å². The maximum Gasteiger partial charge on any atom is 0.310 e. The third-order valence-electron chi connectivity index (χ3n) is 4.15. The summed E-state index contributed by atoms with van der Waals surface area (Å²) in [5.74, 6) is -1.48. The molecule has 1 aliphatic rings. The van der Waals surface area contributed by atoms with Crippen LogP contribution in [0.2, 0.25) is 0 Å². The molecule has 2 aromatic rings. The lowest BCUT2D eigenvalue weighted by Crippen LogP contribution is -2.55. The number of nitro groups is 1. The maximum absolute atomic E-state index is 13.2. The van der Waals surface area contributed by atoms with Gasteiger partial charge in [-0.05, 0) is 24.3 Å². The molecule has 1 atom stereocenters. The summed E-state index contributed by atoms with van der Waals surface area (Å²) in [6.07, 6.45) is -7.07. The van der Waals surface area contributed by atoms with Gasteiger partial charge in [0.15, 0.2) is 5.76 Å². The zero-order chi connectivity index (χ0) is 22.1. The highest BCUT2D eigenvalue weighted by molar-refractivity contribution is 5.92. The lowest BCUT2D eigenvalue weighted by atomic mass is 10.1. The van der Waals surface area contributed by atoms with Crippen LogP contribution in [-0.4, -0.2) is 33.1 Å². The van der Waals surface area contributed by atoms with Crippen LogP contribution in [0.4, 0.5) is 23.2 Å². The number of halogens is 4. The Balaban J connectivity index is 1.71. The molecular weight excluding hydrogens is 418 g/mol. The van der Waals surface area contributed by atoms with Crippen LogP contribution in [0.1, 0.15) is 22.7 Å². The summed E-state index contributed by atoms with van der Waals surface area (Å²) in [5.41, 5.74) is -2.56. The summed E-state index contributed by atoms with van der Waals surface area (Å²) in [4.78, 5) is 22.5. The Morgan fingerprint density at radius 3 is 2.53 bits per heavy atom. The van der Waals surface area contributed by atoms with Crippen molar-refractivity contribution in [1.29, 1.82) is 0 Å². The van der Waals surface area contributed by atoms with Gasteiger partial charge in [0.05, 0.1) is 11.3 Å². The molecule has 0 bridgehead atoms. The van der Waals surface area contributed by atoms with E-state index in [4.69, 9.17) is 9.15 Å². The second kappa shape index (κ2) is 8.02. The molecule has 0 spiro atoms. The second-order valence-corrected chi connectivity index (χ2v) is 6.15. The monoisotopic (exact) mass is 431 g/mol. The fourth-order valence-electron chi connectivity index (χ4n) is 2.62. The molecule has 1 amide bonds. The minimum absolute atomic E-state index is 0.00798. The number of non-ortho nitro benzene ring substituents is 1. The SMILES string of the molecule is O=C(c1ccc(COc2ccc([N+](=O)[O-])cc2)o1)N1NC(=C(F)F)CC1(O)C(F)F. The molecule has 1 unspecified atom stereocenters. The molecule has 1 fully saturated rings. The van der Waals surface area contributed by atoms with E-state index in [0.717, 1.165) is 6.07 Å². The van der Waals surface area contributed by atoms with E-state index in [2.05, 4.69) is 0 Å². The average Bonchev–Trinajstić information content (AvgIpc) is 3.31. The van der Waals surface area contributed by atoms with Gasteiger partial charge in [-0.15, -0.1) is 0 Å². The number of hydrogen-bond acceptors (Lipinski definition) is 7. The lowest BCUT2D eigenvalue weighted by molar-refractivity contribution is -0.384. The summed E-state index contributed by atoms with van der Waals surface area (Å²) in [7, 11) is 0. The number of benzene rings is 1. The first-order valence-corrected chi connectivity index (χ1v) is 8.23. The van der Waals surface area contributed by atoms with E-state index >= 15 is 0 Å². The minimum atomic E-state index is -3.54. The zero-order valence-electron chi connectivity index (χ0n) is 14.9. The van der Waals surface area contributed by atoms with Gasteiger partial charge in [0, 0.05) is 12.1 Å². The topological polar surface area (TPSA) is 118 Å². The summed E-state index contributed by atoms with van der Waals surface area (Å²) in [6, 6.07) is 7.48. The molecule has 30 heavy (non-hydrogen) atoms. The van der Waals surface area contributed by atoms with Gasteiger partial charge in [0.1, 0.15) is 23.8 Å². The smallest absolute Gasteiger partial charge is 0.310 e. The normalized spacial score (nSPS) is 18.5. The molecule has 3 rings (SSSR count).